The lowest BCUT2D eigenvalue weighted by molar-refractivity contribution is -0.274. The maximum Gasteiger partial charge on any atom is 0.515 e. The van der Waals surface area contributed by atoms with Crippen molar-refractivity contribution in [3.63, 3.8) is 0 Å². The number of rotatable bonds is 0. The van der Waals surface area contributed by atoms with Gasteiger partial charge in [-0.1, -0.05) is 11.6 Å². The molecule has 0 fully saturated rings. The average Bonchev–Trinajstić information content (AvgIpc) is 1.37. The van der Waals surface area contributed by atoms with Gasteiger partial charge >= 0.3 is 11.6 Å². The minimum absolute atomic E-state index is 1.24. The summed E-state index contributed by atoms with van der Waals surface area (Å²) in [4.78, 5) is 0. The molecule has 0 aliphatic carbocycles. The summed E-state index contributed by atoms with van der Waals surface area (Å²) < 4.78 is 0. The summed E-state index contributed by atoms with van der Waals surface area (Å²) in [6.45, 7) is 0. The topological polar surface area (TPSA) is 0 Å². The summed E-state index contributed by atoms with van der Waals surface area (Å²) in [5.41, 5.74) is 2.48. The minimum atomic E-state index is 1.24. The van der Waals surface area contributed by atoms with E-state index in [1.807, 2.05) is 0 Å². The molecule has 0 aromatic carbocycles. The molecule has 1 radical (unpaired) electrons. The van der Waals surface area contributed by atoms with E-state index in [2.05, 4.69) is 0 Å². The monoisotopic (exact) mass is 96.0 g/mol. The van der Waals surface area contributed by atoms with Crippen LogP contribution >= 0.6 is 11.6 Å². The minimum Gasteiger partial charge on any atom is -0.0872 e. The van der Waals surface area contributed by atoms with Crippen molar-refractivity contribution in [3.05, 3.63) is 11.1 Å². The smallest absolute Gasteiger partial charge is 0.0872 e. The predicted molar refractivity (Wildman–Crippen MR) is 15.0 cm³/mol. The molecular formula is C2H2Cl2+. The third kappa shape index (κ3) is 2.32. The fourth-order valence-corrected chi connectivity index (χ4v) is 0. The zero-order chi connectivity index (χ0) is 3.41. The van der Waals surface area contributed by atoms with Crippen molar-refractivity contribution in [1.29, 1.82) is 0 Å². The molecule has 0 spiro atoms. The summed E-state index contributed by atoms with van der Waals surface area (Å²) in [6, 6.07) is 0. The first-order valence-electron chi connectivity index (χ1n) is 0.770. The van der Waals surface area contributed by atoms with Gasteiger partial charge in [-0.3, -0.25) is 0 Å². The van der Waals surface area contributed by atoms with Crippen molar-refractivity contribution in [2.45, 2.75) is 0 Å². The Hall–Kier alpha value is 0.320. The van der Waals surface area contributed by atoms with Gasteiger partial charge in [-0.2, -0.15) is 0 Å². The Labute approximate surface area is 35.0 Å². The van der Waals surface area contributed by atoms with E-state index in [9.17, 15) is 0 Å². The SMILES string of the molecule is Cl/C=C/[Cl+]. The van der Waals surface area contributed by atoms with Gasteiger partial charge in [-0.15, -0.1) is 0 Å². The highest BCUT2D eigenvalue weighted by atomic mass is 35.5. The summed E-state index contributed by atoms with van der Waals surface area (Å²) >= 11 is 9.75. The Morgan fingerprint density at radius 1 is 1.75 bits per heavy atom. The Morgan fingerprint density at radius 3 is 2.00 bits per heavy atom. The molecule has 4 heavy (non-hydrogen) atoms. The van der Waals surface area contributed by atoms with Crippen LogP contribution in [0.5, 0.6) is 0 Å². The molecule has 0 aromatic rings. The quantitative estimate of drug-likeness (QED) is 0.426. The van der Waals surface area contributed by atoms with E-state index in [4.69, 9.17) is 23.2 Å². The average molecular weight is 96.9 g/mol. The highest BCUT2D eigenvalue weighted by Crippen LogP contribution is 1.69. The van der Waals surface area contributed by atoms with Crippen LogP contribution in [-0.2, 0) is 0 Å². The first-order chi connectivity index (χ1) is 1.91. The summed E-state index contributed by atoms with van der Waals surface area (Å²) in [5.74, 6) is 0. The molecule has 0 nitrogen and oxygen atoms in total. The van der Waals surface area contributed by atoms with Crippen molar-refractivity contribution >= 4 is 11.6 Å². The van der Waals surface area contributed by atoms with Crippen LogP contribution in [0.4, 0.5) is 0 Å². The second-order valence-electron chi connectivity index (χ2n) is 0.252. The van der Waals surface area contributed by atoms with E-state index in [0.29, 0.717) is 0 Å². The van der Waals surface area contributed by atoms with E-state index in [-0.39, 0.29) is 0 Å². The number of hydrogen-bond acceptors (Lipinski definition) is 0. The molecule has 0 aliphatic rings. The zero-order valence-electron chi connectivity index (χ0n) is 1.91. The lowest BCUT2D eigenvalue weighted by Gasteiger charge is -1.27. The van der Waals surface area contributed by atoms with Gasteiger partial charge in [0.05, 0.1) is 5.54 Å². The van der Waals surface area contributed by atoms with E-state index in [1.165, 1.54) is 11.1 Å². The van der Waals surface area contributed by atoms with E-state index >= 15 is 0 Å². The van der Waals surface area contributed by atoms with Crippen LogP contribution in [-0.4, -0.2) is 0 Å². The molecule has 0 amide bonds. The highest BCUT2D eigenvalue weighted by molar-refractivity contribution is 6.25. The fraction of sp³-hybridized carbons (Fsp3) is 0. The Morgan fingerprint density at radius 2 is 2.00 bits per heavy atom. The summed E-state index contributed by atoms with van der Waals surface area (Å²) in [6.07, 6.45) is 0. The Kier molecular flexibility index (Phi) is 3.59. The second kappa shape index (κ2) is 3.32. The molecule has 0 N–H and O–H groups in total. The molecule has 0 atom stereocenters. The summed E-state index contributed by atoms with van der Waals surface area (Å²) in [5, 5.41) is 0. The zero-order valence-corrected chi connectivity index (χ0v) is 3.42. The van der Waals surface area contributed by atoms with Crippen LogP contribution in [0.3, 0.4) is 0 Å². The highest BCUT2D eigenvalue weighted by Gasteiger charge is 1.66. The first kappa shape index (κ1) is 4.32. The van der Waals surface area contributed by atoms with Gasteiger partial charge in [-0.25, -0.2) is 0 Å². The Balaban J connectivity index is 2.55. The predicted octanol–water partition coefficient (Wildman–Crippen LogP) is 1.25. The molecule has 0 bridgehead atoms. The third-order valence-electron chi connectivity index (χ3n) is 0.0476. The van der Waals surface area contributed by atoms with Crippen molar-refractivity contribution < 1.29 is 11.6 Å². The maximum absolute atomic E-state index is 4.87. The van der Waals surface area contributed by atoms with E-state index in [0.717, 1.165) is 0 Å². The molecule has 23 valence electrons. The lowest BCUT2D eigenvalue weighted by Crippen LogP contribution is -1.23. The van der Waals surface area contributed by atoms with E-state index in [1.54, 1.807) is 0 Å². The van der Waals surface area contributed by atoms with Gasteiger partial charge in [-0.05, 0) is 0 Å². The Bertz CT molecular complexity index is 19.2. The molecule has 0 saturated heterocycles. The van der Waals surface area contributed by atoms with Crippen molar-refractivity contribution in [1.82, 2.24) is 0 Å². The molecule has 0 rings (SSSR count). The van der Waals surface area contributed by atoms with Gasteiger partial charge < -0.3 is 0 Å². The third-order valence-corrected chi connectivity index (χ3v) is 0.429. The standard InChI is InChI=1S/C2H2Cl2/c3-1-2-4/h1-2H/q+1/b2-1+. The van der Waals surface area contributed by atoms with Crippen LogP contribution in [0, 0.1) is 11.6 Å². The summed E-state index contributed by atoms with van der Waals surface area (Å²) in [7, 11) is 0. The van der Waals surface area contributed by atoms with Gasteiger partial charge in [0.15, 0.2) is 0 Å². The molecule has 0 heterocycles. The largest absolute Gasteiger partial charge is 0.515 e. The maximum atomic E-state index is 4.87. The second-order valence-corrected chi connectivity index (χ2v) is 0.756. The van der Waals surface area contributed by atoms with Crippen molar-refractivity contribution in [2.24, 2.45) is 0 Å². The van der Waals surface area contributed by atoms with Crippen LogP contribution in [0.1, 0.15) is 0 Å². The lowest BCUT2D eigenvalue weighted by atomic mass is 11.3. The number of hydrogen-bond donors (Lipinski definition) is 0. The molecular weight excluding hydrogens is 94.9 g/mol. The number of halogens is 2. The van der Waals surface area contributed by atoms with Gasteiger partial charge in [0.1, 0.15) is 0 Å². The van der Waals surface area contributed by atoms with Crippen LogP contribution in [0.15, 0.2) is 11.1 Å². The first-order valence-corrected chi connectivity index (χ1v) is 1.64. The molecule has 2 heteroatoms. The van der Waals surface area contributed by atoms with Gasteiger partial charge in [0.2, 0.25) is 0 Å². The van der Waals surface area contributed by atoms with Crippen LogP contribution in [0.2, 0.25) is 0 Å². The fourth-order valence-electron chi connectivity index (χ4n) is 0. The van der Waals surface area contributed by atoms with Crippen molar-refractivity contribution in [2.75, 3.05) is 0 Å². The molecule has 0 saturated carbocycles. The van der Waals surface area contributed by atoms with Crippen molar-refractivity contribution in [3.8, 4) is 0 Å². The molecule has 0 unspecified atom stereocenters. The van der Waals surface area contributed by atoms with Crippen LogP contribution < -0.4 is 0 Å². The molecule has 0 aliphatic heterocycles. The normalized spacial score (nSPS) is 9.50. The molecule has 0 aromatic heterocycles. The van der Waals surface area contributed by atoms with Gasteiger partial charge in [0, 0.05) is 0 Å². The van der Waals surface area contributed by atoms with Gasteiger partial charge in [0.25, 0.3) is 5.54 Å². The van der Waals surface area contributed by atoms with Crippen LogP contribution in [0.25, 0.3) is 0 Å². The van der Waals surface area contributed by atoms with E-state index < -0.39 is 0 Å².